The van der Waals surface area contributed by atoms with Gasteiger partial charge in [-0.05, 0) is 49.4 Å². The number of rotatable bonds is 73. The summed E-state index contributed by atoms with van der Waals surface area (Å²) in [7, 11) is -9.91. The number of phosphoric ester groups is 2. The third-order valence-corrected chi connectivity index (χ3v) is 19.8. The van der Waals surface area contributed by atoms with Crippen LogP contribution in [0.4, 0.5) is 0 Å². The molecule has 3 unspecified atom stereocenters. The largest absolute Gasteiger partial charge is 0.472 e. The summed E-state index contributed by atoms with van der Waals surface area (Å²) in [6.07, 6.45) is 50.2. The minimum atomic E-state index is -4.96. The van der Waals surface area contributed by atoms with Crippen molar-refractivity contribution in [2.24, 2.45) is 23.7 Å². The van der Waals surface area contributed by atoms with E-state index >= 15 is 0 Å². The zero-order valence-electron chi connectivity index (χ0n) is 62.3. The van der Waals surface area contributed by atoms with Crippen LogP contribution in [0, 0.1) is 23.7 Å². The number of carbonyl (C=O) groups is 4. The number of carbonyl (C=O) groups excluding carboxylic acids is 4. The molecule has 0 spiro atoms. The van der Waals surface area contributed by atoms with Crippen LogP contribution >= 0.6 is 15.6 Å². The van der Waals surface area contributed by atoms with Crippen molar-refractivity contribution in [3.05, 3.63) is 0 Å². The Morgan fingerprint density at radius 3 is 0.747 bits per heavy atom. The number of phosphoric acid groups is 2. The lowest BCUT2D eigenvalue weighted by atomic mass is 10.00. The van der Waals surface area contributed by atoms with E-state index in [4.69, 9.17) is 37.0 Å². The summed E-state index contributed by atoms with van der Waals surface area (Å²) in [6, 6.07) is 0. The average Bonchev–Trinajstić information content (AvgIpc) is 1.89. The number of aliphatic hydroxyl groups excluding tert-OH is 1. The molecule has 0 heterocycles. The topological polar surface area (TPSA) is 237 Å². The van der Waals surface area contributed by atoms with Gasteiger partial charge in [0, 0.05) is 25.7 Å². The first-order chi connectivity index (χ1) is 45.6. The van der Waals surface area contributed by atoms with Gasteiger partial charge in [-0.15, -0.1) is 0 Å². The van der Waals surface area contributed by atoms with Gasteiger partial charge in [0.2, 0.25) is 0 Å². The second-order valence-corrected chi connectivity index (χ2v) is 32.0. The number of esters is 4. The van der Waals surface area contributed by atoms with Crippen molar-refractivity contribution < 1.29 is 80.2 Å². The zero-order valence-corrected chi connectivity index (χ0v) is 64.1. The molecule has 0 aromatic heterocycles. The van der Waals surface area contributed by atoms with Crippen LogP contribution in [-0.2, 0) is 65.4 Å². The molecule has 0 saturated carbocycles. The number of hydrogen-bond acceptors (Lipinski definition) is 15. The van der Waals surface area contributed by atoms with Gasteiger partial charge in [-0.3, -0.25) is 37.3 Å². The van der Waals surface area contributed by atoms with Crippen LogP contribution < -0.4 is 0 Å². The molecule has 0 rings (SSSR count). The molecule has 0 aliphatic rings. The highest BCUT2D eigenvalue weighted by atomic mass is 31.2. The van der Waals surface area contributed by atoms with Crippen molar-refractivity contribution in [2.75, 3.05) is 39.6 Å². The van der Waals surface area contributed by atoms with Crippen molar-refractivity contribution in [3.8, 4) is 0 Å². The number of aliphatic hydroxyl groups is 1. The highest BCUT2D eigenvalue weighted by Gasteiger charge is 2.30. The van der Waals surface area contributed by atoms with Crippen LogP contribution in [0.1, 0.15) is 383 Å². The summed E-state index contributed by atoms with van der Waals surface area (Å²) in [6.45, 7) is 14.1. The van der Waals surface area contributed by atoms with Gasteiger partial charge in [-0.1, -0.05) is 331 Å². The van der Waals surface area contributed by atoms with Crippen molar-refractivity contribution >= 4 is 39.5 Å². The lowest BCUT2D eigenvalue weighted by Gasteiger charge is -2.21. The molecule has 95 heavy (non-hydrogen) atoms. The molecule has 17 nitrogen and oxygen atoms in total. The highest BCUT2D eigenvalue weighted by Crippen LogP contribution is 2.45. The maximum atomic E-state index is 13.1. The molecule has 0 aliphatic carbocycles. The monoisotopic (exact) mass is 1400 g/mol. The normalized spacial score (nSPS) is 14.4. The molecule has 0 radical (unpaired) electrons. The van der Waals surface area contributed by atoms with E-state index in [0.717, 1.165) is 114 Å². The molecule has 0 aromatic rings. The first-order valence-corrected chi connectivity index (χ1v) is 42.2. The lowest BCUT2D eigenvalue weighted by Crippen LogP contribution is -2.30. The summed E-state index contributed by atoms with van der Waals surface area (Å²) >= 11 is 0. The molecule has 6 atom stereocenters. The van der Waals surface area contributed by atoms with E-state index in [1.165, 1.54) is 180 Å². The molecule has 0 saturated heterocycles. The third-order valence-electron chi connectivity index (χ3n) is 17.9. The molecule has 0 aliphatic heterocycles. The molecule has 0 bridgehead atoms. The van der Waals surface area contributed by atoms with E-state index in [1.54, 1.807) is 0 Å². The molecule has 19 heteroatoms. The van der Waals surface area contributed by atoms with Crippen LogP contribution in [0.25, 0.3) is 0 Å². The average molecular weight is 1400 g/mol. The second kappa shape index (κ2) is 65.4. The molecule has 0 aromatic carbocycles. The SMILES string of the molecule is CCC(C)CCCCCCCCC(=O)OC[C@H](COP(=O)(O)OC[C@H](O)COP(=O)(O)OC[C@@H](COC(=O)CCCCCCCCCCCCCC(C)C)OC(=O)CCCCCCCCCCCCCCCCCCCCC(C)C)OC(=O)CCCCCCCCCC(C)C. The first-order valence-electron chi connectivity index (χ1n) is 39.2. The van der Waals surface area contributed by atoms with Crippen LogP contribution in [0.2, 0.25) is 0 Å². The Bertz CT molecular complexity index is 1870. The Morgan fingerprint density at radius 2 is 0.505 bits per heavy atom. The maximum Gasteiger partial charge on any atom is 0.472 e. The summed E-state index contributed by atoms with van der Waals surface area (Å²) < 4.78 is 68.4. The zero-order chi connectivity index (χ0) is 70.3. The molecule has 0 fully saturated rings. The van der Waals surface area contributed by atoms with E-state index < -0.39 is 97.5 Å². The smallest absolute Gasteiger partial charge is 0.462 e. The van der Waals surface area contributed by atoms with E-state index in [1.807, 2.05) is 0 Å². The molecular formula is C76H148O17P2. The van der Waals surface area contributed by atoms with E-state index in [0.29, 0.717) is 31.6 Å². The number of hydrogen-bond donors (Lipinski definition) is 3. The fraction of sp³-hybridized carbons (Fsp3) is 0.947. The van der Waals surface area contributed by atoms with Crippen LogP contribution in [0.3, 0.4) is 0 Å². The van der Waals surface area contributed by atoms with Gasteiger partial charge in [0.15, 0.2) is 12.2 Å². The van der Waals surface area contributed by atoms with Crippen LogP contribution in [0.15, 0.2) is 0 Å². The predicted octanol–water partition coefficient (Wildman–Crippen LogP) is 22.0. The fourth-order valence-corrected chi connectivity index (χ4v) is 13.1. The van der Waals surface area contributed by atoms with Gasteiger partial charge in [0.25, 0.3) is 0 Å². The van der Waals surface area contributed by atoms with Crippen molar-refractivity contribution in [1.29, 1.82) is 0 Å². The summed E-state index contributed by atoms with van der Waals surface area (Å²) in [5.41, 5.74) is 0. The van der Waals surface area contributed by atoms with Crippen molar-refractivity contribution in [1.82, 2.24) is 0 Å². The van der Waals surface area contributed by atoms with Crippen molar-refractivity contribution in [3.63, 3.8) is 0 Å². The fourth-order valence-electron chi connectivity index (χ4n) is 11.5. The second-order valence-electron chi connectivity index (χ2n) is 29.1. The van der Waals surface area contributed by atoms with E-state index in [-0.39, 0.29) is 25.7 Å². The van der Waals surface area contributed by atoms with Crippen molar-refractivity contribution in [2.45, 2.75) is 401 Å². The third kappa shape index (κ3) is 69.0. The summed E-state index contributed by atoms with van der Waals surface area (Å²) in [5, 5.41) is 10.6. The minimum absolute atomic E-state index is 0.102. The Labute approximate surface area is 581 Å². The first kappa shape index (κ1) is 93.1. The Hall–Kier alpha value is -1.94. The quantitative estimate of drug-likeness (QED) is 0.0222. The van der Waals surface area contributed by atoms with Gasteiger partial charge >= 0.3 is 39.5 Å². The number of ether oxygens (including phenoxy) is 4. The maximum absolute atomic E-state index is 13.1. The molecule has 0 amide bonds. The van der Waals surface area contributed by atoms with Gasteiger partial charge in [0.05, 0.1) is 26.4 Å². The molecule has 3 N–H and O–H groups in total. The molecule has 564 valence electrons. The summed E-state index contributed by atoms with van der Waals surface area (Å²) in [5.74, 6) is 0.893. The number of unbranched alkanes of at least 4 members (excludes halogenated alkanes) is 38. The van der Waals surface area contributed by atoms with E-state index in [9.17, 15) is 43.2 Å². The van der Waals surface area contributed by atoms with E-state index in [2.05, 4.69) is 55.4 Å². The van der Waals surface area contributed by atoms with Gasteiger partial charge < -0.3 is 33.8 Å². The Kier molecular flexibility index (Phi) is 64.0. The Balaban J connectivity index is 5.20. The van der Waals surface area contributed by atoms with Gasteiger partial charge in [0.1, 0.15) is 19.3 Å². The van der Waals surface area contributed by atoms with Crippen LogP contribution in [0.5, 0.6) is 0 Å². The van der Waals surface area contributed by atoms with Gasteiger partial charge in [-0.2, -0.15) is 0 Å². The predicted molar refractivity (Wildman–Crippen MR) is 386 cm³/mol. The minimum Gasteiger partial charge on any atom is -0.462 e. The molecular weight excluding hydrogens is 1250 g/mol. The van der Waals surface area contributed by atoms with Crippen LogP contribution in [-0.4, -0.2) is 96.7 Å². The highest BCUT2D eigenvalue weighted by molar-refractivity contribution is 7.47. The Morgan fingerprint density at radius 1 is 0.295 bits per heavy atom. The standard InChI is InChI=1S/C76H148O17P2/c1-9-69(8)55-47-39-34-35-41-49-57-74(79)87-63-72(93-76(81)59-51-43-33-27-30-38-46-54-68(6)7)65-91-95(84,85)89-61-70(77)60-88-94(82,83)90-64-71(62-86-73(78)56-48-40-31-25-22-18-20-24-29-37-45-53-67(4)5)92-75(80)58-50-42-32-26-21-17-15-13-11-10-12-14-16-19-23-28-36-44-52-66(2)3/h66-72,77H,9-65H2,1-8H3,(H,82,83)(H,84,85)/t69?,70-,71-,72-/m1/s1. The lowest BCUT2D eigenvalue weighted by molar-refractivity contribution is -0.161. The summed E-state index contributed by atoms with van der Waals surface area (Å²) in [4.78, 5) is 72.7. The van der Waals surface area contributed by atoms with Gasteiger partial charge in [-0.25, -0.2) is 9.13 Å².